The van der Waals surface area contributed by atoms with Crippen LogP contribution in [0.15, 0.2) is 37.0 Å². The number of Topliss-reactive ketones (excluding diaryl/α,β-unsaturated/α-hetero) is 1. The molecule has 0 N–H and O–H groups in total. The maximum absolute atomic E-state index is 12.5. The average molecular weight is 257 g/mol. The third kappa shape index (κ3) is 2.92. The van der Waals surface area contributed by atoms with Gasteiger partial charge in [0.05, 0.1) is 0 Å². The highest BCUT2D eigenvalue weighted by Crippen LogP contribution is 2.22. The van der Waals surface area contributed by atoms with Gasteiger partial charge in [0.1, 0.15) is 5.92 Å². The van der Waals surface area contributed by atoms with Gasteiger partial charge in [0.15, 0.2) is 5.78 Å². The van der Waals surface area contributed by atoms with Gasteiger partial charge in [-0.2, -0.15) is 0 Å². The maximum Gasteiger partial charge on any atom is 0.237 e. The Morgan fingerprint density at radius 3 is 2.63 bits per heavy atom. The van der Waals surface area contributed by atoms with E-state index in [0.29, 0.717) is 18.5 Å². The first kappa shape index (κ1) is 13.5. The quantitative estimate of drug-likeness (QED) is 0.616. The highest BCUT2D eigenvalue weighted by Gasteiger charge is 2.31. The number of likely N-dealkylation sites (tertiary alicyclic amines) is 1. The van der Waals surface area contributed by atoms with Crippen molar-refractivity contribution in [2.45, 2.75) is 26.2 Å². The Hall–Kier alpha value is -1.90. The van der Waals surface area contributed by atoms with Gasteiger partial charge in [-0.05, 0) is 26.0 Å². The van der Waals surface area contributed by atoms with Crippen molar-refractivity contribution in [2.75, 3.05) is 6.54 Å². The van der Waals surface area contributed by atoms with E-state index >= 15 is 0 Å². The van der Waals surface area contributed by atoms with E-state index in [1.54, 1.807) is 17.0 Å². The third-order valence-electron chi connectivity index (χ3n) is 3.60. The Morgan fingerprint density at radius 2 is 2.00 bits per heavy atom. The van der Waals surface area contributed by atoms with Gasteiger partial charge < -0.3 is 4.90 Å². The van der Waals surface area contributed by atoms with Gasteiger partial charge in [0.2, 0.25) is 5.91 Å². The number of carbonyl (C=O) groups is 2. The van der Waals surface area contributed by atoms with E-state index in [4.69, 9.17) is 0 Å². The van der Waals surface area contributed by atoms with Crippen LogP contribution in [-0.2, 0) is 4.79 Å². The Labute approximate surface area is 113 Å². The van der Waals surface area contributed by atoms with Crippen LogP contribution in [0.1, 0.15) is 35.2 Å². The molecule has 0 bridgehead atoms. The highest BCUT2D eigenvalue weighted by molar-refractivity contribution is 6.10. The average Bonchev–Trinajstić information content (AvgIpc) is 2.60. The molecule has 0 unspecified atom stereocenters. The molecule has 1 atom stereocenters. The van der Waals surface area contributed by atoms with Crippen LogP contribution >= 0.6 is 0 Å². The number of ketones is 1. The molecule has 100 valence electrons. The number of hydrogen-bond acceptors (Lipinski definition) is 2. The fourth-order valence-corrected chi connectivity index (χ4v) is 2.41. The molecule has 0 spiro atoms. The molecule has 3 heteroatoms. The first-order valence-corrected chi connectivity index (χ1v) is 6.67. The van der Waals surface area contributed by atoms with Crippen molar-refractivity contribution in [1.29, 1.82) is 0 Å². The van der Waals surface area contributed by atoms with Gasteiger partial charge in [-0.3, -0.25) is 9.59 Å². The zero-order chi connectivity index (χ0) is 13.8. The number of aryl methyl sites for hydroxylation is 1. The van der Waals surface area contributed by atoms with Crippen molar-refractivity contribution in [3.05, 3.63) is 48.2 Å². The minimum absolute atomic E-state index is 0.0706. The van der Waals surface area contributed by atoms with Crippen LogP contribution < -0.4 is 0 Å². The molecular formula is C16H19NO2. The van der Waals surface area contributed by atoms with Gasteiger partial charge >= 0.3 is 0 Å². The van der Waals surface area contributed by atoms with E-state index in [9.17, 15) is 9.59 Å². The normalized spacial score (nSPS) is 19.9. The zero-order valence-corrected chi connectivity index (χ0v) is 11.3. The van der Waals surface area contributed by atoms with Crippen molar-refractivity contribution < 1.29 is 9.59 Å². The van der Waals surface area contributed by atoms with E-state index in [2.05, 4.69) is 6.58 Å². The number of benzene rings is 1. The fourth-order valence-electron chi connectivity index (χ4n) is 2.41. The van der Waals surface area contributed by atoms with E-state index < -0.39 is 5.92 Å². The van der Waals surface area contributed by atoms with Gasteiger partial charge in [-0.25, -0.2) is 0 Å². The molecule has 19 heavy (non-hydrogen) atoms. The van der Waals surface area contributed by atoms with E-state index in [1.165, 1.54) is 6.20 Å². The minimum atomic E-state index is -0.553. The maximum atomic E-state index is 12.5. The van der Waals surface area contributed by atoms with E-state index in [-0.39, 0.29) is 11.7 Å². The molecule has 1 saturated heterocycles. The highest BCUT2D eigenvalue weighted by atomic mass is 16.2. The molecular weight excluding hydrogens is 238 g/mol. The number of nitrogens with zero attached hydrogens (tertiary/aromatic N) is 1. The lowest BCUT2D eigenvalue weighted by atomic mass is 9.92. The molecule has 0 radical (unpaired) electrons. The molecule has 0 aliphatic carbocycles. The first-order valence-electron chi connectivity index (χ1n) is 6.67. The predicted octanol–water partition coefficient (Wildman–Crippen LogP) is 2.95. The number of amides is 1. The Kier molecular flexibility index (Phi) is 4.15. The van der Waals surface area contributed by atoms with E-state index in [1.807, 2.05) is 19.1 Å². The van der Waals surface area contributed by atoms with Gasteiger partial charge in [-0.15, -0.1) is 0 Å². The second kappa shape index (κ2) is 5.83. The molecule has 1 fully saturated rings. The van der Waals surface area contributed by atoms with Crippen LogP contribution in [0.25, 0.3) is 0 Å². The van der Waals surface area contributed by atoms with Crippen LogP contribution in [0.3, 0.4) is 0 Å². The Bertz CT molecular complexity index is 490. The summed E-state index contributed by atoms with van der Waals surface area (Å²) in [5.74, 6) is -0.736. The lowest BCUT2D eigenvalue weighted by Crippen LogP contribution is -2.34. The molecule has 0 aromatic heterocycles. The molecule has 1 amide bonds. The summed E-state index contributed by atoms with van der Waals surface area (Å²) in [6.07, 6.45) is 3.99. The standard InChI is InChI=1S/C16H19NO2/c1-3-17-11-5-4-6-14(16(17)19)15(18)13-9-7-12(2)8-10-13/h3,7-10,14H,1,4-6,11H2,2H3/t14-/m0/s1. The van der Waals surface area contributed by atoms with Crippen molar-refractivity contribution in [3.63, 3.8) is 0 Å². The molecule has 0 saturated carbocycles. The first-order chi connectivity index (χ1) is 9.13. The van der Waals surface area contributed by atoms with Gasteiger partial charge in [0.25, 0.3) is 0 Å². The number of rotatable bonds is 3. The lowest BCUT2D eigenvalue weighted by molar-refractivity contribution is -0.130. The topological polar surface area (TPSA) is 37.4 Å². The number of hydrogen-bond donors (Lipinski definition) is 0. The van der Waals surface area contributed by atoms with Crippen molar-refractivity contribution >= 4 is 11.7 Å². The second-order valence-electron chi connectivity index (χ2n) is 4.99. The summed E-state index contributed by atoms with van der Waals surface area (Å²) in [7, 11) is 0. The van der Waals surface area contributed by atoms with Crippen LogP contribution in [0.4, 0.5) is 0 Å². The molecule has 1 aliphatic rings. The lowest BCUT2D eigenvalue weighted by Gasteiger charge is -2.19. The molecule has 1 heterocycles. The zero-order valence-electron chi connectivity index (χ0n) is 11.3. The van der Waals surface area contributed by atoms with Crippen LogP contribution in [-0.4, -0.2) is 23.1 Å². The molecule has 3 nitrogen and oxygen atoms in total. The van der Waals surface area contributed by atoms with Crippen LogP contribution in [0, 0.1) is 12.8 Å². The summed E-state index contributed by atoms with van der Waals surface area (Å²) < 4.78 is 0. The summed E-state index contributed by atoms with van der Waals surface area (Å²) >= 11 is 0. The van der Waals surface area contributed by atoms with Crippen LogP contribution in [0.2, 0.25) is 0 Å². The minimum Gasteiger partial charge on any atom is -0.319 e. The van der Waals surface area contributed by atoms with E-state index in [0.717, 1.165) is 18.4 Å². The van der Waals surface area contributed by atoms with Crippen molar-refractivity contribution in [2.24, 2.45) is 5.92 Å². The van der Waals surface area contributed by atoms with Gasteiger partial charge in [-0.1, -0.05) is 42.8 Å². The third-order valence-corrected chi connectivity index (χ3v) is 3.60. The van der Waals surface area contributed by atoms with Crippen molar-refractivity contribution in [1.82, 2.24) is 4.90 Å². The predicted molar refractivity (Wildman–Crippen MR) is 74.8 cm³/mol. The van der Waals surface area contributed by atoms with Gasteiger partial charge in [0, 0.05) is 12.1 Å². The molecule has 2 rings (SSSR count). The summed E-state index contributed by atoms with van der Waals surface area (Å²) in [5.41, 5.74) is 1.73. The molecule has 1 aromatic rings. The SMILES string of the molecule is C=CN1CCCC[C@@H](C(=O)c2ccc(C)cc2)C1=O. The van der Waals surface area contributed by atoms with Crippen molar-refractivity contribution in [3.8, 4) is 0 Å². The largest absolute Gasteiger partial charge is 0.319 e. The summed E-state index contributed by atoms with van der Waals surface area (Å²) in [5, 5.41) is 0. The molecule has 1 aromatic carbocycles. The smallest absolute Gasteiger partial charge is 0.237 e. The summed E-state index contributed by atoms with van der Waals surface area (Å²) in [6.45, 7) is 6.29. The monoisotopic (exact) mass is 257 g/mol. The fraction of sp³-hybridized carbons (Fsp3) is 0.375. The van der Waals surface area contributed by atoms with Crippen LogP contribution in [0.5, 0.6) is 0 Å². The Balaban J connectivity index is 2.23. The summed E-state index contributed by atoms with van der Waals surface area (Å²) in [4.78, 5) is 26.3. The second-order valence-corrected chi connectivity index (χ2v) is 4.99. The number of carbonyl (C=O) groups excluding carboxylic acids is 2. The summed E-state index contributed by atoms with van der Waals surface area (Å²) in [6, 6.07) is 7.40. The Morgan fingerprint density at radius 1 is 1.32 bits per heavy atom. The molecule has 1 aliphatic heterocycles.